The molecule has 144 valence electrons. The first-order valence-electron chi connectivity index (χ1n) is 10.0. The number of hydrogen-bond donors (Lipinski definition) is 2. The van der Waals surface area contributed by atoms with Gasteiger partial charge in [0, 0.05) is 12.1 Å². The van der Waals surface area contributed by atoms with Crippen LogP contribution in [0.3, 0.4) is 0 Å². The van der Waals surface area contributed by atoms with E-state index in [0.29, 0.717) is 6.54 Å². The van der Waals surface area contributed by atoms with Crippen LogP contribution in [0, 0.1) is 0 Å². The summed E-state index contributed by atoms with van der Waals surface area (Å²) in [5, 5.41) is 3.22. The summed E-state index contributed by atoms with van der Waals surface area (Å²) in [5.41, 5.74) is 6.34. The minimum atomic E-state index is -1.00. The van der Waals surface area contributed by atoms with Crippen LogP contribution >= 0.6 is 0 Å². The third kappa shape index (κ3) is 4.11. The van der Waals surface area contributed by atoms with E-state index in [0.717, 1.165) is 44.6 Å². The maximum Gasteiger partial charge on any atom is 0.244 e. The minimum absolute atomic E-state index is 0.0787. The van der Waals surface area contributed by atoms with E-state index in [4.69, 9.17) is 5.73 Å². The molecule has 1 amide bonds. The van der Waals surface area contributed by atoms with Gasteiger partial charge in [0.1, 0.15) is 5.54 Å². The average molecular weight is 359 g/mol. The van der Waals surface area contributed by atoms with Gasteiger partial charge in [0.25, 0.3) is 0 Å². The molecule has 2 aliphatic rings. The molecule has 3 rings (SSSR count). The van der Waals surface area contributed by atoms with E-state index in [1.807, 2.05) is 30.3 Å². The number of nitrogens with two attached hydrogens (primary N) is 1. The number of hydrogen-bond acceptors (Lipinski definition) is 4. The Kier molecular flexibility index (Phi) is 6.00. The standard InChI is InChI=1S/C21H34N4O/c1-20(22,18-9-5-3-6-10-18)19(26)23-17-21(11-15-24(2)16-12-21)25-13-7-4-8-14-25/h3,5-6,9-10H,4,7-8,11-17,22H2,1-2H3,(H,23,26). The molecule has 1 atom stereocenters. The van der Waals surface area contributed by atoms with Crippen molar-refractivity contribution in [3.63, 3.8) is 0 Å². The van der Waals surface area contributed by atoms with Gasteiger partial charge in [0.2, 0.25) is 5.91 Å². The second kappa shape index (κ2) is 8.07. The fraction of sp³-hybridized carbons (Fsp3) is 0.667. The van der Waals surface area contributed by atoms with Crippen LogP contribution in [0.2, 0.25) is 0 Å². The molecule has 0 spiro atoms. The number of rotatable bonds is 5. The van der Waals surface area contributed by atoms with Crippen molar-refractivity contribution in [3.05, 3.63) is 35.9 Å². The highest BCUT2D eigenvalue weighted by atomic mass is 16.2. The molecule has 26 heavy (non-hydrogen) atoms. The lowest BCUT2D eigenvalue weighted by atomic mass is 9.83. The van der Waals surface area contributed by atoms with Gasteiger partial charge in [-0.15, -0.1) is 0 Å². The number of nitrogens with one attached hydrogen (secondary N) is 1. The second-order valence-corrected chi connectivity index (χ2v) is 8.33. The zero-order chi connectivity index (χ0) is 18.6. The zero-order valence-corrected chi connectivity index (χ0v) is 16.3. The lowest BCUT2D eigenvalue weighted by Crippen LogP contribution is -2.63. The van der Waals surface area contributed by atoms with Crippen molar-refractivity contribution in [1.29, 1.82) is 0 Å². The number of amides is 1. The van der Waals surface area contributed by atoms with Crippen molar-refractivity contribution in [2.75, 3.05) is 39.8 Å². The summed E-state index contributed by atoms with van der Waals surface area (Å²) in [4.78, 5) is 18.0. The summed E-state index contributed by atoms with van der Waals surface area (Å²) in [6, 6.07) is 9.66. The molecule has 0 bridgehead atoms. The van der Waals surface area contributed by atoms with Crippen LogP contribution in [0.15, 0.2) is 30.3 Å². The lowest BCUT2D eigenvalue weighted by molar-refractivity contribution is -0.127. The monoisotopic (exact) mass is 358 g/mol. The van der Waals surface area contributed by atoms with Crippen molar-refractivity contribution in [1.82, 2.24) is 15.1 Å². The Labute approximate surface area is 157 Å². The molecule has 2 saturated heterocycles. The van der Waals surface area contributed by atoms with Crippen LogP contribution in [-0.4, -0.2) is 61.0 Å². The normalized spacial score (nSPS) is 24.0. The Morgan fingerprint density at radius 3 is 2.35 bits per heavy atom. The van der Waals surface area contributed by atoms with Crippen LogP contribution in [0.5, 0.6) is 0 Å². The number of carbonyl (C=O) groups is 1. The predicted octanol–water partition coefficient (Wildman–Crippen LogP) is 1.93. The van der Waals surface area contributed by atoms with Crippen LogP contribution in [0.4, 0.5) is 0 Å². The first kappa shape index (κ1) is 19.3. The first-order valence-corrected chi connectivity index (χ1v) is 10.0. The highest BCUT2D eigenvalue weighted by molar-refractivity contribution is 5.87. The second-order valence-electron chi connectivity index (χ2n) is 8.33. The van der Waals surface area contributed by atoms with E-state index in [9.17, 15) is 4.79 Å². The molecule has 0 aliphatic carbocycles. The third-order valence-electron chi connectivity index (χ3n) is 6.37. The van der Waals surface area contributed by atoms with E-state index in [-0.39, 0.29) is 11.4 Å². The van der Waals surface area contributed by atoms with Gasteiger partial charge in [-0.05, 0) is 71.4 Å². The molecule has 2 fully saturated rings. The fourth-order valence-electron chi connectivity index (χ4n) is 4.35. The van der Waals surface area contributed by atoms with Crippen molar-refractivity contribution in [2.24, 2.45) is 5.73 Å². The zero-order valence-electron chi connectivity index (χ0n) is 16.3. The van der Waals surface area contributed by atoms with Crippen LogP contribution < -0.4 is 11.1 Å². The molecule has 2 heterocycles. The summed E-state index contributed by atoms with van der Waals surface area (Å²) >= 11 is 0. The maximum absolute atomic E-state index is 12.9. The lowest BCUT2D eigenvalue weighted by Gasteiger charge is -2.50. The van der Waals surface area contributed by atoms with E-state index in [1.165, 1.54) is 19.3 Å². The highest BCUT2D eigenvalue weighted by Crippen LogP contribution is 2.31. The molecule has 0 radical (unpaired) electrons. The van der Waals surface area contributed by atoms with Gasteiger partial charge in [-0.3, -0.25) is 9.69 Å². The third-order valence-corrected chi connectivity index (χ3v) is 6.37. The number of likely N-dealkylation sites (tertiary alicyclic amines) is 2. The molecule has 1 aromatic carbocycles. The summed E-state index contributed by atoms with van der Waals surface area (Å²) < 4.78 is 0. The highest BCUT2D eigenvalue weighted by Gasteiger charge is 2.41. The van der Waals surface area contributed by atoms with E-state index in [1.54, 1.807) is 6.92 Å². The molecule has 5 heteroatoms. The van der Waals surface area contributed by atoms with Gasteiger partial charge >= 0.3 is 0 Å². The maximum atomic E-state index is 12.9. The van der Waals surface area contributed by atoms with Gasteiger partial charge in [-0.2, -0.15) is 0 Å². The fourth-order valence-corrected chi connectivity index (χ4v) is 4.35. The van der Waals surface area contributed by atoms with Gasteiger partial charge in [0.15, 0.2) is 0 Å². The molecular weight excluding hydrogens is 324 g/mol. The Morgan fingerprint density at radius 1 is 1.12 bits per heavy atom. The van der Waals surface area contributed by atoms with Gasteiger partial charge in [-0.1, -0.05) is 36.8 Å². The van der Waals surface area contributed by atoms with E-state index in [2.05, 4.69) is 22.2 Å². The van der Waals surface area contributed by atoms with E-state index >= 15 is 0 Å². The minimum Gasteiger partial charge on any atom is -0.352 e. The van der Waals surface area contributed by atoms with Crippen molar-refractivity contribution in [3.8, 4) is 0 Å². The van der Waals surface area contributed by atoms with Crippen molar-refractivity contribution in [2.45, 2.75) is 50.1 Å². The van der Waals surface area contributed by atoms with Crippen molar-refractivity contribution < 1.29 is 4.79 Å². The topological polar surface area (TPSA) is 61.6 Å². The summed E-state index contributed by atoms with van der Waals surface area (Å²) in [6.07, 6.45) is 6.08. The number of nitrogens with zero attached hydrogens (tertiary/aromatic N) is 2. The van der Waals surface area contributed by atoms with Gasteiger partial charge < -0.3 is 16.0 Å². The molecule has 0 saturated carbocycles. The Hall–Kier alpha value is -1.43. The summed E-state index contributed by atoms with van der Waals surface area (Å²) in [7, 11) is 2.19. The largest absolute Gasteiger partial charge is 0.352 e. The van der Waals surface area contributed by atoms with Crippen LogP contribution in [0.25, 0.3) is 0 Å². The van der Waals surface area contributed by atoms with Gasteiger partial charge in [-0.25, -0.2) is 0 Å². The molecule has 0 aromatic heterocycles. The molecule has 1 unspecified atom stereocenters. The first-order chi connectivity index (χ1) is 12.4. The molecular formula is C21H34N4O. The Morgan fingerprint density at radius 2 is 1.73 bits per heavy atom. The van der Waals surface area contributed by atoms with Crippen LogP contribution in [-0.2, 0) is 10.3 Å². The van der Waals surface area contributed by atoms with Crippen LogP contribution in [0.1, 0.15) is 44.6 Å². The SMILES string of the molecule is CN1CCC(CNC(=O)C(C)(N)c2ccccc2)(N2CCCCC2)CC1. The summed E-state index contributed by atoms with van der Waals surface area (Å²) in [5.74, 6) is -0.0842. The molecule has 2 aliphatic heterocycles. The number of benzene rings is 1. The Bertz CT molecular complexity index is 587. The molecule has 5 nitrogen and oxygen atoms in total. The summed E-state index contributed by atoms with van der Waals surface area (Å²) in [6.45, 7) is 6.98. The van der Waals surface area contributed by atoms with E-state index < -0.39 is 5.54 Å². The Balaban J connectivity index is 1.70. The molecule has 3 N–H and O–H groups in total. The number of carbonyl (C=O) groups excluding carboxylic acids is 1. The number of piperidine rings is 2. The van der Waals surface area contributed by atoms with Crippen molar-refractivity contribution >= 4 is 5.91 Å². The quantitative estimate of drug-likeness (QED) is 0.844. The van der Waals surface area contributed by atoms with Gasteiger partial charge in [0.05, 0.1) is 0 Å². The molecule has 1 aromatic rings. The average Bonchev–Trinajstić information content (AvgIpc) is 2.69. The smallest absolute Gasteiger partial charge is 0.244 e. The predicted molar refractivity (Wildman–Crippen MR) is 106 cm³/mol.